The molecule has 2 amide bonds. The molecule has 0 atom stereocenters. The van der Waals surface area contributed by atoms with Crippen LogP contribution in [-0.2, 0) is 22.7 Å². The maximum atomic E-state index is 12.2. The molecular weight excluding hydrogens is 372 g/mol. The van der Waals surface area contributed by atoms with Crippen molar-refractivity contribution < 1.29 is 14.3 Å². The van der Waals surface area contributed by atoms with E-state index in [1.165, 1.54) is 4.80 Å². The largest absolute Gasteiger partial charge is 0.485 e. The highest BCUT2D eigenvalue weighted by atomic mass is 16.5. The van der Waals surface area contributed by atoms with E-state index in [1.807, 2.05) is 42.5 Å². The lowest BCUT2D eigenvalue weighted by atomic mass is 10.2. The molecule has 0 spiro atoms. The summed E-state index contributed by atoms with van der Waals surface area (Å²) in [7, 11) is 0. The van der Waals surface area contributed by atoms with E-state index in [1.54, 1.807) is 17.0 Å². The number of ether oxygens (including phenoxy) is 1. The van der Waals surface area contributed by atoms with Crippen LogP contribution in [0.25, 0.3) is 0 Å². The zero-order valence-electron chi connectivity index (χ0n) is 15.7. The van der Waals surface area contributed by atoms with Gasteiger partial charge in [0.25, 0.3) is 0 Å². The minimum absolute atomic E-state index is 0.0648. The number of hydrogen-bond donors (Lipinski definition) is 1. The molecule has 0 bridgehead atoms. The summed E-state index contributed by atoms with van der Waals surface area (Å²) >= 11 is 0. The molecule has 0 unspecified atom stereocenters. The van der Waals surface area contributed by atoms with Gasteiger partial charge in [0.05, 0.1) is 0 Å². The predicted octanol–water partition coefficient (Wildman–Crippen LogP) is 2.02. The summed E-state index contributed by atoms with van der Waals surface area (Å²) in [6.07, 6.45) is 1.46. The number of benzene rings is 2. The third-order valence-electron chi connectivity index (χ3n) is 4.43. The summed E-state index contributed by atoms with van der Waals surface area (Å²) in [5.41, 5.74) is 1.48. The van der Waals surface area contributed by atoms with Gasteiger partial charge in [-0.3, -0.25) is 9.59 Å². The van der Waals surface area contributed by atoms with Gasteiger partial charge in [-0.05, 0) is 48.0 Å². The van der Waals surface area contributed by atoms with Crippen molar-refractivity contribution in [1.29, 1.82) is 0 Å². The van der Waals surface area contributed by atoms with Crippen molar-refractivity contribution in [3.8, 4) is 5.75 Å². The van der Waals surface area contributed by atoms with Gasteiger partial charge in [0.2, 0.25) is 17.6 Å². The van der Waals surface area contributed by atoms with Crippen molar-refractivity contribution in [2.75, 3.05) is 16.8 Å². The molecule has 9 heteroatoms. The number of para-hydroxylation sites is 1. The minimum atomic E-state index is -0.275. The summed E-state index contributed by atoms with van der Waals surface area (Å²) in [4.78, 5) is 27.0. The topological polar surface area (TPSA) is 102 Å². The number of nitrogens with one attached hydrogen (secondary N) is 1. The van der Waals surface area contributed by atoms with E-state index in [2.05, 4.69) is 20.7 Å². The van der Waals surface area contributed by atoms with Crippen molar-refractivity contribution in [2.45, 2.75) is 26.0 Å². The fraction of sp³-hybridized carbons (Fsp3) is 0.250. The third kappa shape index (κ3) is 4.75. The summed E-state index contributed by atoms with van der Waals surface area (Å²) in [6, 6.07) is 16.5. The molecule has 0 aliphatic carbocycles. The fourth-order valence-electron chi connectivity index (χ4n) is 3.04. The third-order valence-corrected chi connectivity index (χ3v) is 4.43. The van der Waals surface area contributed by atoms with Crippen LogP contribution in [0.1, 0.15) is 18.7 Å². The molecule has 2 heterocycles. The molecule has 2 aromatic carbocycles. The van der Waals surface area contributed by atoms with E-state index in [9.17, 15) is 9.59 Å². The van der Waals surface area contributed by atoms with Crippen LogP contribution >= 0.6 is 0 Å². The van der Waals surface area contributed by atoms with Gasteiger partial charge in [0.1, 0.15) is 12.3 Å². The van der Waals surface area contributed by atoms with Gasteiger partial charge in [-0.15, -0.1) is 10.2 Å². The fourth-order valence-corrected chi connectivity index (χ4v) is 3.04. The lowest BCUT2D eigenvalue weighted by molar-refractivity contribution is -0.117. The smallest absolute Gasteiger partial charge is 0.248 e. The molecule has 0 saturated carbocycles. The highest BCUT2D eigenvalue weighted by Gasteiger charge is 2.21. The Morgan fingerprint density at radius 1 is 1.10 bits per heavy atom. The summed E-state index contributed by atoms with van der Waals surface area (Å²) in [5.74, 6) is 0.955. The molecule has 1 aliphatic heterocycles. The first-order chi connectivity index (χ1) is 14.2. The molecule has 1 aromatic heterocycles. The van der Waals surface area contributed by atoms with Crippen LogP contribution in [-0.4, -0.2) is 38.6 Å². The first-order valence-corrected chi connectivity index (χ1v) is 9.32. The van der Waals surface area contributed by atoms with Crippen LogP contribution in [0.4, 0.5) is 11.4 Å². The highest BCUT2D eigenvalue weighted by molar-refractivity contribution is 5.96. The van der Waals surface area contributed by atoms with Gasteiger partial charge >= 0.3 is 0 Å². The van der Waals surface area contributed by atoms with E-state index in [0.717, 1.165) is 18.7 Å². The molecule has 1 N–H and O–H groups in total. The molecule has 3 aromatic rings. The maximum absolute atomic E-state index is 12.2. The molecule has 0 radical (unpaired) electrons. The van der Waals surface area contributed by atoms with Crippen molar-refractivity contribution >= 4 is 23.2 Å². The first-order valence-electron chi connectivity index (χ1n) is 9.32. The second-order valence-corrected chi connectivity index (χ2v) is 6.58. The van der Waals surface area contributed by atoms with Crippen molar-refractivity contribution in [3.05, 3.63) is 60.4 Å². The molecule has 1 aliphatic rings. The van der Waals surface area contributed by atoms with E-state index in [-0.39, 0.29) is 25.0 Å². The lowest BCUT2D eigenvalue weighted by Crippen LogP contribution is -2.23. The van der Waals surface area contributed by atoms with E-state index in [4.69, 9.17) is 4.74 Å². The Labute approximate surface area is 167 Å². The average molecular weight is 392 g/mol. The zero-order valence-corrected chi connectivity index (χ0v) is 15.7. The van der Waals surface area contributed by atoms with Gasteiger partial charge in [-0.2, -0.15) is 4.80 Å². The predicted molar refractivity (Wildman–Crippen MR) is 105 cm³/mol. The number of aromatic nitrogens is 4. The molecule has 148 valence electrons. The number of tetrazole rings is 1. The zero-order chi connectivity index (χ0) is 20.1. The molecule has 1 saturated heterocycles. The van der Waals surface area contributed by atoms with Crippen molar-refractivity contribution in [2.24, 2.45) is 0 Å². The minimum Gasteiger partial charge on any atom is -0.485 e. The van der Waals surface area contributed by atoms with Gasteiger partial charge in [-0.1, -0.05) is 18.2 Å². The Bertz CT molecular complexity index is 987. The van der Waals surface area contributed by atoms with E-state index < -0.39 is 0 Å². The SMILES string of the molecule is O=C(Cn1nnc(COc2ccccc2)n1)Nc1ccc(N2CCCC2=O)cc1. The summed E-state index contributed by atoms with van der Waals surface area (Å²) in [5, 5.41) is 14.7. The number of anilines is 2. The van der Waals surface area contributed by atoms with Gasteiger partial charge < -0.3 is 15.0 Å². The van der Waals surface area contributed by atoms with Crippen LogP contribution in [0.5, 0.6) is 5.75 Å². The number of nitrogens with zero attached hydrogens (tertiary/aromatic N) is 5. The Morgan fingerprint density at radius 2 is 1.90 bits per heavy atom. The average Bonchev–Trinajstić information content (AvgIpc) is 3.36. The molecular formula is C20H20N6O3. The Morgan fingerprint density at radius 3 is 2.62 bits per heavy atom. The number of hydrogen-bond acceptors (Lipinski definition) is 6. The van der Waals surface area contributed by atoms with Gasteiger partial charge in [-0.25, -0.2) is 0 Å². The number of rotatable bonds is 7. The van der Waals surface area contributed by atoms with Gasteiger partial charge in [0.15, 0.2) is 6.61 Å². The first kappa shape index (κ1) is 18.6. The summed E-state index contributed by atoms with van der Waals surface area (Å²) < 4.78 is 5.56. The number of carbonyl (C=O) groups excluding carboxylic acids is 2. The molecule has 1 fully saturated rings. The molecule has 4 rings (SSSR count). The highest BCUT2D eigenvalue weighted by Crippen LogP contribution is 2.23. The van der Waals surface area contributed by atoms with Crippen molar-refractivity contribution in [3.63, 3.8) is 0 Å². The molecule has 9 nitrogen and oxygen atoms in total. The van der Waals surface area contributed by atoms with Gasteiger partial charge in [0, 0.05) is 24.3 Å². The van der Waals surface area contributed by atoms with E-state index >= 15 is 0 Å². The van der Waals surface area contributed by atoms with Crippen molar-refractivity contribution in [1.82, 2.24) is 20.2 Å². The van der Waals surface area contributed by atoms with Crippen LogP contribution < -0.4 is 15.0 Å². The Hall–Kier alpha value is -3.75. The second-order valence-electron chi connectivity index (χ2n) is 6.58. The van der Waals surface area contributed by atoms with Crippen LogP contribution in [0.15, 0.2) is 54.6 Å². The quantitative estimate of drug-likeness (QED) is 0.660. The normalized spacial score (nSPS) is 13.5. The van der Waals surface area contributed by atoms with Crippen LogP contribution in [0.3, 0.4) is 0 Å². The maximum Gasteiger partial charge on any atom is 0.248 e. The standard InChI is InChI=1S/C20H20N6O3/c27-19(21-15-8-10-16(11-9-15)25-12-4-7-20(25)28)13-26-23-18(22-24-26)14-29-17-5-2-1-3-6-17/h1-3,5-6,8-11H,4,7,12-14H2,(H,21,27). The Kier molecular flexibility index (Phi) is 5.46. The van der Waals surface area contributed by atoms with Crippen LogP contribution in [0.2, 0.25) is 0 Å². The monoisotopic (exact) mass is 392 g/mol. The molecule has 29 heavy (non-hydrogen) atoms. The Balaban J connectivity index is 1.28. The van der Waals surface area contributed by atoms with Crippen LogP contribution in [0, 0.1) is 0 Å². The van der Waals surface area contributed by atoms with E-state index in [0.29, 0.717) is 23.7 Å². The number of amides is 2. The number of carbonyl (C=O) groups is 2. The second kappa shape index (κ2) is 8.51. The summed E-state index contributed by atoms with van der Waals surface area (Å²) in [6.45, 7) is 0.839. The lowest BCUT2D eigenvalue weighted by Gasteiger charge is -2.16.